The predicted molar refractivity (Wildman–Crippen MR) is 64.3 cm³/mol. The Morgan fingerprint density at radius 2 is 2.07 bits per heavy atom. The number of hydrogen-bond donors (Lipinski definition) is 1. The van der Waals surface area contributed by atoms with Crippen LogP contribution < -0.4 is 4.90 Å². The molecule has 80 valence electrons. The second kappa shape index (κ2) is 5.13. The molecule has 1 nitrogen and oxygen atoms in total. The Balaban J connectivity index is 2.05. The van der Waals surface area contributed by atoms with Crippen LogP contribution in [0.15, 0.2) is 36.5 Å². The summed E-state index contributed by atoms with van der Waals surface area (Å²) in [6.07, 6.45) is 9.69. The first-order valence-electron chi connectivity index (χ1n) is 6.02. The van der Waals surface area contributed by atoms with Gasteiger partial charge in [0.05, 0.1) is 12.7 Å². The molecule has 1 unspecified atom stereocenters. The molecular formula is C14H20N+. The van der Waals surface area contributed by atoms with Gasteiger partial charge in [-0.2, -0.15) is 0 Å². The molecule has 1 heteroatoms. The van der Waals surface area contributed by atoms with Crippen molar-refractivity contribution in [3.8, 4) is 0 Å². The average Bonchev–Trinajstić information content (AvgIpc) is 2.30. The summed E-state index contributed by atoms with van der Waals surface area (Å²) in [6, 6.07) is 8.80. The minimum atomic E-state index is 1.10. The Morgan fingerprint density at radius 3 is 2.93 bits per heavy atom. The van der Waals surface area contributed by atoms with Crippen LogP contribution in [0.1, 0.15) is 31.7 Å². The number of rotatable bonds is 4. The van der Waals surface area contributed by atoms with E-state index < -0.39 is 0 Å². The smallest absolute Gasteiger partial charge is 0.139 e. The lowest BCUT2D eigenvalue weighted by molar-refractivity contribution is -0.777. The summed E-state index contributed by atoms with van der Waals surface area (Å²) < 4.78 is 0. The van der Waals surface area contributed by atoms with Crippen molar-refractivity contribution in [1.82, 2.24) is 0 Å². The van der Waals surface area contributed by atoms with Crippen LogP contribution in [-0.2, 0) is 6.42 Å². The maximum atomic E-state index is 2.32. The predicted octanol–water partition coefficient (Wildman–Crippen LogP) is 2.46. The van der Waals surface area contributed by atoms with Gasteiger partial charge in [-0.1, -0.05) is 31.5 Å². The van der Waals surface area contributed by atoms with Crippen LogP contribution in [-0.4, -0.2) is 6.54 Å². The Hall–Kier alpha value is -1.08. The molecule has 2 rings (SSSR count). The lowest BCUT2D eigenvalue weighted by Gasteiger charge is -2.20. The van der Waals surface area contributed by atoms with Gasteiger partial charge in [-0.25, -0.2) is 0 Å². The van der Waals surface area contributed by atoms with E-state index in [1.165, 1.54) is 42.0 Å². The van der Waals surface area contributed by atoms with Crippen molar-refractivity contribution in [1.29, 1.82) is 0 Å². The van der Waals surface area contributed by atoms with Gasteiger partial charge in [0.15, 0.2) is 0 Å². The average molecular weight is 202 g/mol. The van der Waals surface area contributed by atoms with Crippen molar-refractivity contribution < 1.29 is 4.90 Å². The van der Waals surface area contributed by atoms with Gasteiger partial charge in [0, 0.05) is 12.0 Å². The van der Waals surface area contributed by atoms with Crippen LogP contribution in [0.3, 0.4) is 0 Å². The minimum Gasteiger partial charge on any atom is -0.276 e. The number of para-hydroxylation sites is 1. The number of quaternary nitrogens is 1. The van der Waals surface area contributed by atoms with Crippen molar-refractivity contribution in [2.45, 2.75) is 32.6 Å². The Bertz CT molecular complexity index is 341. The van der Waals surface area contributed by atoms with Gasteiger partial charge in [0.25, 0.3) is 0 Å². The topological polar surface area (TPSA) is 4.44 Å². The molecule has 0 saturated heterocycles. The summed E-state index contributed by atoms with van der Waals surface area (Å²) in [6.45, 7) is 3.50. The highest BCUT2D eigenvalue weighted by Gasteiger charge is 2.16. The second-order valence-electron chi connectivity index (χ2n) is 4.25. The van der Waals surface area contributed by atoms with E-state index in [0.29, 0.717) is 0 Å². The molecule has 0 amide bonds. The molecule has 0 fully saturated rings. The van der Waals surface area contributed by atoms with Crippen molar-refractivity contribution >= 4 is 5.69 Å². The fourth-order valence-corrected chi connectivity index (χ4v) is 2.21. The zero-order valence-corrected chi connectivity index (χ0v) is 9.50. The first kappa shape index (κ1) is 10.4. The number of unbranched alkanes of at least 4 members (excludes halogenated alkanes) is 2. The van der Waals surface area contributed by atoms with E-state index in [9.17, 15) is 0 Å². The van der Waals surface area contributed by atoms with E-state index in [0.717, 1.165) is 6.42 Å². The first-order chi connectivity index (χ1) is 7.42. The fourth-order valence-electron chi connectivity index (χ4n) is 2.21. The van der Waals surface area contributed by atoms with Gasteiger partial charge in [-0.3, -0.25) is 4.90 Å². The van der Waals surface area contributed by atoms with Crippen LogP contribution in [0, 0.1) is 0 Å². The van der Waals surface area contributed by atoms with Gasteiger partial charge < -0.3 is 0 Å². The van der Waals surface area contributed by atoms with Crippen molar-refractivity contribution in [3.05, 3.63) is 42.1 Å². The third kappa shape index (κ3) is 2.48. The van der Waals surface area contributed by atoms with Crippen LogP contribution >= 0.6 is 0 Å². The number of nitrogens with one attached hydrogen (secondary N) is 1. The highest BCUT2D eigenvalue weighted by Crippen LogP contribution is 2.14. The summed E-state index contributed by atoms with van der Waals surface area (Å²) in [4.78, 5) is 1.53. The van der Waals surface area contributed by atoms with E-state index >= 15 is 0 Å². The molecule has 1 aliphatic rings. The SMILES string of the molecule is CCCCC[NH+]1C=CCc2ccccc21. The van der Waals surface area contributed by atoms with Crippen molar-refractivity contribution in [2.24, 2.45) is 0 Å². The van der Waals surface area contributed by atoms with E-state index in [-0.39, 0.29) is 0 Å². The maximum absolute atomic E-state index is 2.32. The first-order valence-corrected chi connectivity index (χ1v) is 6.02. The molecule has 0 aromatic heterocycles. The second-order valence-corrected chi connectivity index (χ2v) is 4.25. The van der Waals surface area contributed by atoms with E-state index in [1.54, 1.807) is 0 Å². The monoisotopic (exact) mass is 202 g/mol. The Labute approximate surface area is 92.4 Å². The molecule has 0 saturated carbocycles. The van der Waals surface area contributed by atoms with Crippen molar-refractivity contribution in [2.75, 3.05) is 6.54 Å². The van der Waals surface area contributed by atoms with E-state index in [4.69, 9.17) is 0 Å². The number of fused-ring (bicyclic) bond motifs is 1. The molecule has 0 bridgehead atoms. The van der Waals surface area contributed by atoms with E-state index in [1.807, 2.05) is 0 Å². The molecule has 0 spiro atoms. The zero-order chi connectivity index (χ0) is 10.5. The molecule has 0 aliphatic carbocycles. The van der Waals surface area contributed by atoms with Gasteiger partial charge >= 0.3 is 0 Å². The third-order valence-corrected chi connectivity index (χ3v) is 3.07. The molecule has 1 atom stereocenters. The van der Waals surface area contributed by atoms with Crippen LogP contribution in [0.4, 0.5) is 5.69 Å². The van der Waals surface area contributed by atoms with Crippen LogP contribution in [0.2, 0.25) is 0 Å². The lowest BCUT2D eigenvalue weighted by atomic mass is 10.1. The molecule has 1 aliphatic heterocycles. The molecule has 0 radical (unpaired) electrons. The highest BCUT2D eigenvalue weighted by atomic mass is 15.1. The van der Waals surface area contributed by atoms with Gasteiger partial charge in [-0.15, -0.1) is 0 Å². The van der Waals surface area contributed by atoms with Gasteiger partial charge in [0.1, 0.15) is 5.69 Å². The standard InChI is InChI=1S/C14H19N/c1-2-3-6-11-15-12-7-9-13-8-4-5-10-14(13)15/h4-5,7-8,10,12H,2-3,6,9,11H2,1H3/p+1. The summed E-state index contributed by atoms with van der Waals surface area (Å²) >= 11 is 0. The largest absolute Gasteiger partial charge is 0.276 e. The summed E-state index contributed by atoms with van der Waals surface area (Å²) in [7, 11) is 0. The number of allylic oxidation sites excluding steroid dienone is 1. The molecular weight excluding hydrogens is 182 g/mol. The lowest BCUT2D eigenvalue weighted by Crippen LogP contribution is -3.03. The normalized spacial score (nSPS) is 18.9. The summed E-state index contributed by atoms with van der Waals surface area (Å²) in [5, 5.41) is 0. The summed E-state index contributed by atoms with van der Waals surface area (Å²) in [5.41, 5.74) is 2.97. The summed E-state index contributed by atoms with van der Waals surface area (Å²) in [5.74, 6) is 0. The Morgan fingerprint density at radius 1 is 1.20 bits per heavy atom. The zero-order valence-electron chi connectivity index (χ0n) is 9.50. The maximum Gasteiger partial charge on any atom is 0.139 e. The fraction of sp³-hybridized carbons (Fsp3) is 0.429. The molecule has 15 heavy (non-hydrogen) atoms. The van der Waals surface area contributed by atoms with Crippen LogP contribution in [0.25, 0.3) is 0 Å². The quantitative estimate of drug-likeness (QED) is 0.715. The van der Waals surface area contributed by atoms with Gasteiger partial charge in [-0.05, 0) is 25.0 Å². The third-order valence-electron chi connectivity index (χ3n) is 3.07. The van der Waals surface area contributed by atoms with Crippen LogP contribution in [0.5, 0.6) is 0 Å². The van der Waals surface area contributed by atoms with E-state index in [2.05, 4.69) is 43.5 Å². The Kier molecular flexibility index (Phi) is 3.57. The number of benzene rings is 1. The van der Waals surface area contributed by atoms with Gasteiger partial charge in [0.2, 0.25) is 0 Å². The number of hydrogen-bond acceptors (Lipinski definition) is 0. The molecule has 1 heterocycles. The molecule has 1 aromatic rings. The molecule has 1 aromatic carbocycles. The minimum absolute atomic E-state index is 1.10. The molecule has 1 N–H and O–H groups in total. The highest BCUT2D eigenvalue weighted by molar-refractivity contribution is 5.42. The van der Waals surface area contributed by atoms with Crippen molar-refractivity contribution in [3.63, 3.8) is 0 Å².